The van der Waals surface area contributed by atoms with Crippen molar-refractivity contribution in [2.24, 2.45) is 11.8 Å². The summed E-state index contributed by atoms with van der Waals surface area (Å²) < 4.78 is 5.85. The molecule has 2 heteroatoms. The van der Waals surface area contributed by atoms with Gasteiger partial charge in [-0.05, 0) is 32.6 Å². The molecule has 2 fully saturated rings. The van der Waals surface area contributed by atoms with Crippen molar-refractivity contribution < 1.29 is 9.84 Å². The van der Waals surface area contributed by atoms with Gasteiger partial charge < -0.3 is 9.84 Å². The van der Waals surface area contributed by atoms with Crippen molar-refractivity contribution in [2.75, 3.05) is 0 Å². The highest BCUT2D eigenvalue weighted by Crippen LogP contribution is 2.46. The Kier molecular flexibility index (Phi) is 1.74. The van der Waals surface area contributed by atoms with Gasteiger partial charge in [0.15, 0.2) is 0 Å². The highest BCUT2D eigenvalue weighted by atomic mass is 16.5. The predicted octanol–water partition coefficient (Wildman–Crippen LogP) is 1.57. The van der Waals surface area contributed by atoms with Gasteiger partial charge in [-0.3, -0.25) is 0 Å². The van der Waals surface area contributed by atoms with Gasteiger partial charge in [-0.15, -0.1) is 0 Å². The van der Waals surface area contributed by atoms with Crippen molar-refractivity contribution in [1.82, 2.24) is 0 Å². The predicted molar refractivity (Wildman–Crippen MR) is 46.8 cm³/mol. The van der Waals surface area contributed by atoms with E-state index in [1.165, 1.54) is 6.42 Å². The lowest BCUT2D eigenvalue weighted by molar-refractivity contribution is -0.0540. The van der Waals surface area contributed by atoms with Gasteiger partial charge in [0.1, 0.15) is 0 Å². The molecule has 0 aromatic heterocycles. The second kappa shape index (κ2) is 2.46. The Morgan fingerprint density at radius 2 is 2.00 bits per heavy atom. The van der Waals surface area contributed by atoms with Crippen LogP contribution in [0.15, 0.2) is 0 Å². The highest BCUT2D eigenvalue weighted by molar-refractivity contribution is 5.01. The zero-order valence-corrected chi connectivity index (χ0v) is 8.08. The van der Waals surface area contributed by atoms with Crippen LogP contribution in [0.4, 0.5) is 0 Å². The molecule has 0 radical (unpaired) electrons. The van der Waals surface area contributed by atoms with E-state index < -0.39 is 0 Å². The minimum atomic E-state index is -0.219. The number of ether oxygens (including phenoxy) is 1. The van der Waals surface area contributed by atoms with Gasteiger partial charge in [0.05, 0.1) is 17.8 Å². The molecule has 1 saturated heterocycles. The molecule has 4 atom stereocenters. The Bertz CT molecular complexity index is 188. The Morgan fingerprint density at radius 3 is 2.58 bits per heavy atom. The van der Waals surface area contributed by atoms with Crippen molar-refractivity contribution in [3.05, 3.63) is 0 Å². The van der Waals surface area contributed by atoms with E-state index in [0.29, 0.717) is 11.8 Å². The standard InChI is InChI=1S/C10H18O2/c1-6-4-5-7-8(11)9(6)12-10(7,2)3/h6-9,11H,4-5H2,1-3H3. The topological polar surface area (TPSA) is 29.5 Å². The lowest BCUT2D eigenvalue weighted by Crippen LogP contribution is -2.37. The lowest BCUT2D eigenvalue weighted by Gasteiger charge is -2.30. The van der Waals surface area contributed by atoms with Gasteiger partial charge in [-0.25, -0.2) is 0 Å². The van der Waals surface area contributed by atoms with E-state index in [9.17, 15) is 5.11 Å². The summed E-state index contributed by atoms with van der Waals surface area (Å²) in [6, 6.07) is 0. The Balaban J connectivity index is 2.24. The van der Waals surface area contributed by atoms with E-state index in [2.05, 4.69) is 20.8 Å². The van der Waals surface area contributed by atoms with E-state index in [1.54, 1.807) is 0 Å². The number of hydrogen-bond donors (Lipinski definition) is 1. The first-order chi connectivity index (χ1) is 5.52. The number of aliphatic hydroxyl groups excluding tert-OH is 1. The van der Waals surface area contributed by atoms with Crippen molar-refractivity contribution in [3.63, 3.8) is 0 Å². The fourth-order valence-electron chi connectivity index (χ4n) is 2.73. The van der Waals surface area contributed by atoms with Gasteiger partial charge in [0.25, 0.3) is 0 Å². The van der Waals surface area contributed by atoms with Crippen LogP contribution in [-0.2, 0) is 4.74 Å². The van der Waals surface area contributed by atoms with E-state index in [0.717, 1.165) is 6.42 Å². The van der Waals surface area contributed by atoms with Crippen molar-refractivity contribution in [1.29, 1.82) is 0 Å². The molecule has 0 aromatic carbocycles. The maximum absolute atomic E-state index is 9.89. The van der Waals surface area contributed by atoms with Crippen LogP contribution in [0.1, 0.15) is 33.6 Å². The van der Waals surface area contributed by atoms with Gasteiger partial charge in [-0.1, -0.05) is 6.92 Å². The van der Waals surface area contributed by atoms with Gasteiger partial charge in [0, 0.05) is 5.92 Å². The minimum Gasteiger partial charge on any atom is -0.390 e. The van der Waals surface area contributed by atoms with Crippen LogP contribution in [0.25, 0.3) is 0 Å². The normalized spacial score (nSPS) is 51.0. The molecule has 1 heterocycles. The lowest BCUT2D eigenvalue weighted by atomic mass is 9.75. The second-order valence-corrected chi connectivity index (χ2v) is 4.84. The summed E-state index contributed by atoms with van der Waals surface area (Å²) in [6.07, 6.45) is 2.20. The molecule has 0 spiro atoms. The molecule has 12 heavy (non-hydrogen) atoms. The summed E-state index contributed by atoms with van der Waals surface area (Å²) >= 11 is 0. The van der Waals surface area contributed by atoms with Crippen LogP contribution < -0.4 is 0 Å². The molecule has 70 valence electrons. The SMILES string of the molecule is CC1CCC2C(O)C1OC2(C)C. The average molecular weight is 170 g/mol. The largest absolute Gasteiger partial charge is 0.390 e. The first kappa shape index (κ1) is 8.52. The van der Waals surface area contributed by atoms with Crippen LogP contribution in [0.3, 0.4) is 0 Å². The smallest absolute Gasteiger partial charge is 0.0870 e. The molecule has 1 N–H and O–H groups in total. The van der Waals surface area contributed by atoms with Crippen molar-refractivity contribution >= 4 is 0 Å². The molecule has 2 nitrogen and oxygen atoms in total. The summed E-state index contributed by atoms with van der Waals surface area (Å²) in [4.78, 5) is 0. The molecule has 0 aromatic rings. The zero-order valence-electron chi connectivity index (χ0n) is 8.08. The third kappa shape index (κ3) is 1.01. The van der Waals surface area contributed by atoms with E-state index >= 15 is 0 Å². The summed E-state index contributed by atoms with van der Waals surface area (Å²) in [5.41, 5.74) is -0.102. The van der Waals surface area contributed by atoms with Crippen molar-refractivity contribution in [2.45, 2.75) is 51.4 Å². The van der Waals surface area contributed by atoms with Crippen LogP contribution in [0.2, 0.25) is 0 Å². The number of rotatable bonds is 0. The highest BCUT2D eigenvalue weighted by Gasteiger charge is 2.52. The first-order valence-corrected chi connectivity index (χ1v) is 4.88. The molecular weight excluding hydrogens is 152 g/mol. The molecule has 1 aliphatic carbocycles. The maximum Gasteiger partial charge on any atom is 0.0870 e. The Labute approximate surface area is 73.9 Å². The van der Waals surface area contributed by atoms with Crippen LogP contribution >= 0.6 is 0 Å². The van der Waals surface area contributed by atoms with Crippen LogP contribution in [0, 0.1) is 11.8 Å². The number of aliphatic hydroxyl groups is 1. The van der Waals surface area contributed by atoms with Gasteiger partial charge in [0.2, 0.25) is 0 Å². The third-order valence-electron chi connectivity index (χ3n) is 3.58. The summed E-state index contributed by atoms with van der Waals surface area (Å²) in [6.45, 7) is 6.36. The van der Waals surface area contributed by atoms with Gasteiger partial charge in [-0.2, -0.15) is 0 Å². The van der Waals surface area contributed by atoms with E-state index in [1.807, 2.05) is 0 Å². The molecule has 1 saturated carbocycles. The molecule has 4 unspecified atom stereocenters. The monoisotopic (exact) mass is 170 g/mol. The molecule has 1 aliphatic heterocycles. The molecule has 2 aliphatic rings. The molecule has 0 amide bonds. The first-order valence-electron chi connectivity index (χ1n) is 4.88. The minimum absolute atomic E-state index is 0.0961. The van der Waals surface area contributed by atoms with E-state index in [4.69, 9.17) is 4.74 Å². The fraction of sp³-hybridized carbons (Fsp3) is 1.00. The van der Waals surface area contributed by atoms with Crippen LogP contribution in [0.5, 0.6) is 0 Å². The van der Waals surface area contributed by atoms with Crippen LogP contribution in [-0.4, -0.2) is 22.9 Å². The molecule has 2 bridgehead atoms. The third-order valence-corrected chi connectivity index (χ3v) is 3.58. The molecular formula is C10H18O2. The fourth-order valence-corrected chi connectivity index (χ4v) is 2.73. The second-order valence-electron chi connectivity index (χ2n) is 4.84. The van der Waals surface area contributed by atoms with Crippen molar-refractivity contribution in [3.8, 4) is 0 Å². The summed E-state index contributed by atoms with van der Waals surface area (Å²) in [5, 5.41) is 9.89. The quantitative estimate of drug-likeness (QED) is 0.598. The summed E-state index contributed by atoms with van der Waals surface area (Å²) in [7, 11) is 0. The average Bonchev–Trinajstić information content (AvgIpc) is 2.09. The number of hydrogen-bond acceptors (Lipinski definition) is 2. The Morgan fingerprint density at radius 1 is 1.33 bits per heavy atom. The zero-order chi connectivity index (χ0) is 8.93. The number of fused-ring (bicyclic) bond motifs is 2. The van der Waals surface area contributed by atoms with E-state index in [-0.39, 0.29) is 17.8 Å². The Hall–Kier alpha value is -0.0800. The molecule has 2 rings (SSSR count). The summed E-state index contributed by atoms with van der Waals surface area (Å²) in [5.74, 6) is 0.886. The maximum atomic E-state index is 9.89. The van der Waals surface area contributed by atoms with Gasteiger partial charge >= 0.3 is 0 Å².